The molecule has 0 spiro atoms. The molecule has 4 aromatic rings. The molecule has 4 aromatic carbocycles. The van der Waals surface area contributed by atoms with Crippen LogP contribution >= 0.6 is 15.9 Å². The second-order valence-corrected chi connectivity index (χ2v) is 10.9. The summed E-state index contributed by atoms with van der Waals surface area (Å²) in [5.41, 5.74) is 6.15. The Morgan fingerprint density at radius 1 is 0.953 bits per heavy atom. The lowest BCUT2D eigenvalue weighted by molar-refractivity contribution is -0.117. The Kier molecular flexibility index (Phi) is 9.46. The Bertz CT molecular complexity index is 1590. The first-order chi connectivity index (χ1) is 20.8. The first-order valence-electron chi connectivity index (χ1n) is 13.9. The fourth-order valence-corrected chi connectivity index (χ4v) is 5.47. The fraction of sp³-hybridized carbons (Fsp3) is 0.212. The molecule has 2 N–H and O–H groups in total. The van der Waals surface area contributed by atoms with Crippen LogP contribution in [-0.2, 0) is 11.2 Å². The number of aromatic carboxylic acids is 1. The highest BCUT2D eigenvalue weighted by Crippen LogP contribution is 2.34. The minimum atomic E-state index is -1.12. The molecular weight excluding hydrogens is 617 g/mol. The molecule has 0 atom stereocenters. The van der Waals surface area contributed by atoms with Crippen LogP contribution in [0, 0.1) is 5.82 Å². The molecule has 1 fully saturated rings. The van der Waals surface area contributed by atoms with Crippen molar-refractivity contribution in [2.45, 2.75) is 25.7 Å². The summed E-state index contributed by atoms with van der Waals surface area (Å²) in [6.07, 6.45) is 3.29. The summed E-state index contributed by atoms with van der Waals surface area (Å²) in [6.45, 7) is 1.79. The van der Waals surface area contributed by atoms with Crippen LogP contribution in [0.3, 0.4) is 0 Å². The van der Waals surface area contributed by atoms with Gasteiger partial charge in [0.15, 0.2) is 0 Å². The molecule has 1 aliphatic rings. The van der Waals surface area contributed by atoms with Crippen LogP contribution in [0.1, 0.15) is 35.2 Å². The van der Waals surface area contributed by atoms with E-state index in [0.717, 1.165) is 31.6 Å². The number of rotatable bonds is 10. The van der Waals surface area contributed by atoms with Crippen LogP contribution < -0.4 is 24.8 Å². The maximum Gasteiger partial charge on any atom is 0.339 e. The summed E-state index contributed by atoms with van der Waals surface area (Å²) < 4.78 is 24.9. The number of carbonyl (C=O) groups is 2. The normalized spacial score (nSPS) is 12.9. The Hall–Kier alpha value is -4.57. The molecule has 10 heteroatoms. The number of amides is 1. The number of carboxylic acids is 1. The number of carbonyl (C=O) groups excluding carboxylic acids is 1. The van der Waals surface area contributed by atoms with Crippen molar-refractivity contribution >= 4 is 44.9 Å². The smallest absolute Gasteiger partial charge is 0.339 e. The fourth-order valence-electron chi connectivity index (χ4n) is 4.99. The predicted molar refractivity (Wildman–Crippen MR) is 168 cm³/mol. The molecule has 1 saturated heterocycles. The van der Waals surface area contributed by atoms with Crippen molar-refractivity contribution < 1.29 is 28.6 Å². The largest absolute Gasteiger partial charge is 0.496 e. The van der Waals surface area contributed by atoms with Gasteiger partial charge in [0, 0.05) is 17.6 Å². The SMILES string of the molecule is COc1cc(CC(=O)N(Nc2ccc(Oc3ccc(F)cc3)cc2)c2ccccc2N2CCCCC2)c(Br)cc1C(=O)O. The van der Waals surface area contributed by atoms with Crippen molar-refractivity contribution in [3.63, 3.8) is 0 Å². The van der Waals surface area contributed by atoms with E-state index < -0.39 is 5.97 Å². The summed E-state index contributed by atoms with van der Waals surface area (Å²) in [4.78, 5) is 28.0. The van der Waals surface area contributed by atoms with E-state index in [0.29, 0.717) is 32.9 Å². The van der Waals surface area contributed by atoms with E-state index in [1.54, 1.807) is 42.5 Å². The number of nitrogens with one attached hydrogen (secondary N) is 1. The van der Waals surface area contributed by atoms with Crippen molar-refractivity contribution in [1.29, 1.82) is 0 Å². The maximum absolute atomic E-state index is 14.1. The molecule has 1 aliphatic heterocycles. The molecular formula is C33H31BrFN3O5. The van der Waals surface area contributed by atoms with Gasteiger partial charge in [0.05, 0.1) is 30.6 Å². The van der Waals surface area contributed by atoms with E-state index in [4.69, 9.17) is 9.47 Å². The first-order valence-corrected chi connectivity index (χ1v) is 14.7. The van der Waals surface area contributed by atoms with Crippen molar-refractivity contribution in [1.82, 2.24) is 0 Å². The molecule has 43 heavy (non-hydrogen) atoms. The number of nitrogens with zero attached hydrogens (tertiary/aromatic N) is 2. The van der Waals surface area contributed by atoms with Gasteiger partial charge in [-0.2, -0.15) is 0 Å². The summed E-state index contributed by atoms with van der Waals surface area (Å²) in [7, 11) is 1.40. The van der Waals surface area contributed by atoms with Crippen molar-refractivity contribution in [2.75, 3.05) is 35.5 Å². The van der Waals surface area contributed by atoms with E-state index in [1.807, 2.05) is 24.3 Å². The molecule has 222 valence electrons. The topological polar surface area (TPSA) is 91.3 Å². The lowest BCUT2D eigenvalue weighted by Gasteiger charge is -2.34. The van der Waals surface area contributed by atoms with Crippen LogP contribution in [0.5, 0.6) is 17.2 Å². The second-order valence-electron chi connectivity index (χ2n) is 10.1. The zero-order valence-electron chi connectivity index (χ0n) is 23.6. The molecule has 0 aromatic heterocycles. The Morgan fingerprint density at radius 2 is 1.60 bits per heavy atom. The molecule has 0 radical (unpaired) electrons. The number of hydrazine groups is 1. The van der Waals surface area contributed by atoms with Crippen molar-refractivity contribution in [2.24, 2.45) is 0 Å². The van der Waals surface area contributed by atoms with Gasteiger partial charge >= 0.3 is 5.97 Å². The zero-order chi connectivity index (χ0) is 30.3. The van der Waals surface area contributed by atoms with Gasteiger partial charge in [-0.1, -0.05) is 28.1 Å². The monoisotopic (exact) mass is 647 g/mol. The quantitative estimate of drug-likeness (QED) is 0.171. The number of hydrogen-bond donors (Lipinski definition) is 2. The van der Waals surface area contributed by atoms with Gasteiger partial charge < -0.3 is 19.5 Å². The highest BCUT2D eigenvalue weighted by molar-refractivity contribution is 9.10. The number of benzene rings is 4. The minimum Gasteiger partial charge on any atom is -0.496 e. The zero-order valence-corrected chi connectivity index (χ0v) is 25.1. The highest BCUT2D eigenvalue weighted by Gasteiger charge is 2.25. The van der Waals surface area contributed by atoms with Crippen molar-refractivity contribution in [3.05, 3.63) is 106 Å². The maximum atomic E-state index is 14.1. The van der Waals surface area contributed by atoms with Gasteiger partial charge in [-0.25, -0.2) is 14.2 Å². The van der Waals surface area contributed by atoms with Crippen LogP contribution in [0.4, 0.5) is 21.5 Å². The highest BCUT2D eigenvalue weighted by atomic mass is 79.9. The summed E-state index contributed by atoms with van der Waals surface area (Å²) >= 11 is 3.44. The Morgan fingerprint density at radius 3 is 2.26 bits per heavy atom. The van der Waals surface area contributed by atoms with Crippen LogP contribution in [0.15, 0.2) is 89.4 Å². The summed E-state index contributed by atoms with van der Waals surface area (Å²) in [5, 5.41) is 11.1. The van der Waals surface area contributed by atoms with Gasteiger partial charge in [0.25, 0.3) is 0 Å². The van der Waals surface area contributed by atoms with E-state index in [-0.39, 0.29) is 29.5 Å². The third-order valence-corrected chi connectivity index (χ3v) is 7.89. The van der Waals surface area contributed by atoms with Crippen LogP contribution in [-0.4, -0.2) is 37.2 Å². The Labute approximate surface area is 257 Å². The number of hydrogen-bond acceptors (Lipinski definition) is 6. The number of carboxylic acid groups (broad SMARTS) is 1. The van der Waals surface area contributed by atoms with Crippen LogP contribution in [0.25, 0.3) is 0 Å². The van der Waals surface area contributed by atoms with Crippen LogP contribution in [0.2, 0.25) is 0 Å². The van der Waals surface area contributed by atoms with Gasteiger partial charge in [0.2, 0.25) is 5.91 Å². The average molecular weight is 649 g/mol. The average Bonchev–Trinajstić information content (AvgIpc) is 3.03. The van der Waals surface area contributed by atoms with E-state index in [9.17, 15) is 19.1 Å². The van der Waals surface area contributed by atoms with Gasteiger partial charge in [0.1, 0.15) is 28.6 Å². The van der Waals surface area contributed by atoms with E-state index in [2.05, 4.69) is 26.3 Å². The number of methoxy groups -OCH3 is 1. The Balaban J connectivity index is 1.45. The van der Waals surface area contributed by atoms with Gasteiger partial charge in [-0.15, -0.1) is 0 Å². The van der Waals surface area contributed by atoms with Gasteiger partial charge in [-0.05, 0) is 97.6 Å². The van der Waals surface area contributed by atoms with E-state index >= 15 is 0 Å². The first kappa shape index (κ1) is 29.9. The lowest BCUT2D eigenvalue weighted by atomic mass is 10.1. The third kappa shape index (κ3) is 7.26. The van der Waals surface area contributed by atoms with Crippen molar-refractivity contribution in [3.8, 4) is 17.2 Å². The summed E-state index contributed by atoms with van der Waals surface area (Å²) in [6, 6.07) is 23.7. The second kappa shape index (κ2) is 13.6. The minimum absolute atomic E-state index is 0.000977. The number of para-hydroxylation sites is 2. The molecule has 0 bridgehead atoms. The lowest BCUT2D eigenvalue weighted by Crippen LogP contribution is -2.39. The number of halogens is 2. The van der Waals surface area contributed by atoms with Gasteiger partial charge in [-0.3, -0.25) is 10.2 Å². The number of ether oxygens (including phenoxy) is 2. The standard InChI is InChI=1S/C33H31BrFN3O5/c1-42-31-19-22(28(34)21-27(31)33(40)41)20-32(39)38(30-8-4-3-7-29(30)37-17-5-2-6-18-37)36-24-11-15-26(16-12-24)43-25-13-9-23(35)10-14-25/h3-4,7-16,19,21,36H,2,5-6,17-18,20H2,1H3,(H,40,41). The molecule has 0 unspecified atom stereocenters. The molecule has 0 saturated carbocycles. The molecule has 8 nitrogen and oxygen atoms in total. The molecule has 1 heterocycles. The number of anilines is 3. The van der Waals surface area contributed by atoms with E-state index in [1.165, 1.54) is 36.7 Å². The third-order valence-electron chi connectivity index (χ3n) is 7.15. The summed E-state index contributed by atoms with van der Waals surface area (Å²) in [5.74, 6) is -0.501. The molecule has 0 aliphatic carbocycles. The molecule has 5 rings (SSSR count). The number of piperidine rings is 1. The molecule has 1 amide bonds. The predicted octanol–water partition coefficient (Wildman–Crippen LogP) is 7.68.